The molecule has 0 radical (unpaired) electrons. The summed E-state index contributed by atoms with van der Waals surface area (Å²) in [7, 11) is 0. The van der Waals surface area contributed by atoms with Crippen LogP contribution in [0.15, 0.2) is 0 Å². The zero-order valence-electron chi connectivity index (χ0n) is 5.23. The molecule has 7 heteroatoms. The van der Waals surface area contributed by atoms with Gasteiger partial charge in [0.2, 0.25) is 9.63 Å². The lowest BCUT2D eigenvalue weighted by Crippen LogP contribution is -2.28. The molecule has 0 aromatic heterocycles. The van der Waals surface area contributed by atoms with Gasteiger partial charge >= 0.3 is 5.97 Å². The summed E-state index contributed by atoms with van der Waals surface area (Å²) < 4.78 is 2.62. The van der Waals surface area contributed by atoms with Crippen LogP contribution >= 0.6 is 34.8 Å². The monoisotopic (exact) mass is 218 g/mol. The van der Waals surface area contributed by atoms with Crippen LogP contribution in [0.5, 0.6) is 0 Å². The van der Waals surface area contributed by atoms with Crippen molar-refractivity contribution < 1.29 is 9.53 Å². The molecule has 0 unspecified atom stereocenters. The van der Waals surface area contributed by atoms with E-state index in [-0.39, 0.29) is 0 Å². The largest absolute Gasteiger partial charge is 0.455 e. The molecule has 0 spiro atoms. The molecule has 0 heterocycles. The SMILES string of the molecule is N=C(N)C(=O)OCC(Cl)(Cl)Cl. The van der Waals surface area contributed by atoms with Gasteiger partial charge in [-0.25, -0.2) is 4.79 Å². The molecule has 3 N–H and O–H groups in total. The molecule has 0 amide bonds. The highest BCUT2D eigenvalue weighted by molar-refractivity contribution is 6.67. The predicted octanol–water partition coefficient (Wildman–Crippen LogP) is 0.836. The van der Waals surface area contributed by atoms with Gasteiger partial charge in [0, 0.05) is 0 Å². The van der Waals surface area contributed by atoms with E-state index in [4.69, 9.17) is 45.9 Å². The maximum absolute atomic E-state index is 10.4. The lowest BCUT2D eigenvalue weighted by atomic mass is 10.6. The van der Waals surface area contributed by atoms with Crippen molar-refractivity contribution in [2.75, 3.05) is 6.61 Å². The molecule has 0 saturated carbocycles. The summed E-state index contributed by atoms with van der Waals surface area (Å²) in [5.41, 5.74) is 4.74. The quantitative estimate of drug-likeness (QED) is 0.297. The second kappa shape index (κ2) is 3.99. The van der Waals surface area contributed by atoms with Crippen LogP contribution in [0.2, 0.25) is 0 Å². The fourth-order valence-corrected chi connectivity index (χ4v) is 0.389. The smallest absolute Gasteiger partial charge is 0.373 e. The second-order valence-electron chi connectivity index (χ2n) is 1.60. The molecule has 0 aromatic carbocycles. The van der Waals surface area contributed by atoms with Crippen molar-refractivity contribution in [2.24, 2.45) is 5.73 Å². The van der Waals surface area contributed by atoms with E-state index in [1.54, 1.807) is 0 Å². The van der Waals surface area contributed by atoms with Gasteiger partial charge in [0.1, 0.15) is 6.61 Å². The number of ether oxygens (including phenoxy) is 1. The van der Waals surface area contributed by atoms with Crippen LogP contribution in [0.1, 0.15) is 0 Å². The minimum atomic E-state index is -1.66. The Labute approximate surface area is 78.0 Å². The average Bonchev–Trinajstić information content (AvgIpc) is 1.80. The fourth-order valence-electron chi connectivity index (χ4n) is 0.225. The zero-order chi connectivity index (χ0) is 9.07. The van der Waals surface area contributed by atoms with Crippen LogP contribution in [0, 0.1) is 5.41 Å². The van der Waals surface area contributed by atoms with Gasteiger partial charge in [-0.2, -0.15) is 0 Å². The van der Waals surface area contributed by atoms with Crippen molar-refractivity contribution in [3.05, 3.63) is 0 Å². The topological polar surface area (TPSA) is 76.2 Å². The van der Waals surface area contributed by atoms with E-state index >= 15 is 0 Å². The average molecular weight is 219 g/mol. The first-order chi connectivity index (χ1) is 4.83. The Morgan fingerprint density at radius 3 is 2.27 bits per heavy atom. The molecule has 0 saturated heterocycles. The molecule has 0 atom stereocenters. The molecule has 64 valence electrons. The molecule has 0 aromatic rings. The Bertz CT molecular complexity index is 177. The fraction of sp³-hybridized carbons (Fsp3) is 0.500. The van der Waals surface area contributed by atoms with Gasteiger partial charge in [0.25, 0.3) is 0 Å². The number of halogens is 3. The Hall–Kier alpha value is -0.190. The molecule has 0 rings (SSSR count). The van der Waals surface area contributed by atoms with Crippen LogP contribution in [-0.4, -0.2) is 22.2 Å². The predicted molar refractivity (Wildman–Crippen MR) is 43.2 cm³/mol. The Morgan fingerprint density at radius 1 is 1.55 bits per heavy atom. The number of rotatable bonds is 1. The van der Waals surface area contributed by atoms with Crippen molar-refractivity contribution in [3.63, 3.8) is 0 Å². The molecule has 0 aliphatic rings. The molecule has 4 nitrogen and oxygen atoms in total. The number of alkyl halides is 3. The number of carbonyl (C=O) groups excluding carboxylic acids is 1. The lowest BCUT2D eigenvalue weighted by Gasteiger charge is -2.09. The van der Waals surface area contributed by atoms with Crippen LogP contribution in [0.3, 0.4) is 0 Å². The number of esters is 1. The Kier molecular flexibility index (Phi) is 3.92. The maximum atomic E-state index is 10.4. The molecule has 0 aliphatic carbocycles. The third kappa shape index (κ3) is 6.22. The Morgan fingerprint density at radius 2 is 2.00 bits per heavy atom. The van der Waals surface area contributed by atoms with Crippen LogP contribution in [0.4, 0.5) is 0 Å². The third-order valence-corrected chi connectivity index (χ3v) is 0.914. The normalized spacial score (nSPS) is 10.8. The minimum Gasteiger partial charge on any atom is -0.455 e. The summed E-state index contributed by atoms with van der Waals surface area (Å²) in [5, 5.41) is 6.58. The summed E-state index contributed by atoms with van der Waals surface area (Å²) in [6.07, 6.45) is 0. The third-order valence-electron chi connectivity index (χ3n) is 0.587. The Balaban J connectivity index is 3.73. The number of nitrogens with two attached hydrogens (primary N) is 1. The molecular formula is C4H5Cl3N2O2. The van der Waals surface area contributed by atoms with Gasteiger partial charge in [0.05, 0.1) is 0 Å². The highest BCUT2D eigenvalue weighted by Crippen LogP contribution is 2.25. The summed E-state index contributed by atoms with van der Waals surface area (Å²) in [4.78, 5) is 10.4. The van der Waals surface area contributed by atoms with Gasteiger partial charge in [-0.1, -0.05) is 34.8 Å². The van der Waals surface area contributed by atoms with Crippen molar-refractivity contribution in [3.8, 4) is 0 Å². The summed E-state index contributed by atoms with van der Waals surface area (Å²) >= 11 is 15.7. The van der Waals surface area contributed by atoms with E-state index in [0.717, 1.165) is 0 Å². The summed E-state index contributed by atoms with van der Waals surface area (Å²) in [6, 6.07) is 0. The highest BCUT2D eigenvalue weighted by Gasteiger charge is 2.22. The van der Waals surface area contributed by atoms with Gasteiger partial charge in [-0.3, -0.25) is 5.41 Å². The number of amidine groups is 1. The van der Waals surface area contributed by atoms with Crippen molar-refractivity contribution >= 4 is 46.6 Å². The van der Waals surface area contributed by atoms with Gasteiger partial charge in [-0.15, -0.1) is 0 Å². The number of hydrogen-bond acceptors (Lipinski definition) is 3. The zero-order valence-corrected chi connectivity index (χ0v) is 7.50. The van der Waals surface area contributed by atoms with E-state index in [1.807, 2.05) is 0 Å². The first-order valence-corrected chi connectivity index (χ1v) is 3.54. The van der Waals surface area contributed by atoms with Gasteiger partial charge in [-0.05, 0) is 0 Å². The van der Waals surface area contributed by atoms with Crippen LogP contribution < -0.4 is 5.73 Å². The molecule has 0 bridgehead atoms. The number of hydrogen-bond donors (Lipinski definition) is 2. The van der Waals surface area contributed by atoms with Crippen molar-refractivity contribution in [2.45, 2.75) is 3.79 Å². The van der Waals surface area contributed by atoms with E-state index in [1.165, 1.54) is 0 Å². The maximum Gasteiger partial charge on any atom is 0.373 e. The van der Waals surface area contributed by atoms with E-state index in [9.17, 15) is 4.79 Å². The van der Waals surface area contributed by atoms with Crippen molar-refractivity contribution in [1.29, 1.82) is 5.41 Å². The summed E-state index contributed by atoms with van der Waals surface area (Å²) in [6.45, 7) is -0.421. The summed E-state index contributed by atoms with van der Waals surface area (Å²) in [5.74, 6) is -1.73. The minimum absolute atomic E-state index is 0.421. The van der Waals surface area contributed by atoms with E-state index < -0.39 is 22.2 Å². The first kappa shape index (κ1) is 10.8. The van der Waals surface area contributed by atoms with Crippen molar-refractivity contribution in [1.82, 2.24) is 0 Å². The standard InChI is InChI=1S/C4H5Cl3N2O2/c5-4(6,7)1-11-3(10)2(8)9/h1H2,(H3,8,9). The lowest BCUT2D eigenvalue weighted by molar-refractivity contribution is -0.135. The second-order valence-corrected chi connectivity index (χ2v) is 4.12. The first-order valence-electron chi connectivity index (χ1n) is 2.41. The molecule has 11 heavy (non-hydrogen) atoms. The van der Waals surface area contributed by atoms with Gasteiger partial charge < -0.3 is 10.5 Å². The number of carbonyl (C=O) groups is 1. The molecule has 0 aliphatic heterocycles. The number of nitrogens with one attached hydrogen (secondary N) is 1. The highest BCUT2D eigenvalue weighted by atomic mass is 35.6. The van der Waals surface area contributed by atoms with Crippen LogP contribution in [0.25, 0.3) is 0 Å². The molecule has 0 fully saturated rings. The van der Waals surface area contributed by atoms with Gasteiger partial charge in [0.15, 0.2) is 0 Å². The van der Waals surface area contributed by atoms with E-state index in [0.29, 0.717) is 0 Å². The van der Waals surface area contributed by atoms with Crippen LogP contribution in [-0.2, 0) is 9.53 Å². The van der Waals surface area contributed by atoms with E-state index in [2.05, 4.69) is 4.74 Å². The molecular weight excluding hydrogens is 214 g/mol.